The second-order valence-corrected chi connectivity index (χ2v) is 6.01. The van der Waals surface area contributed by atoms with Crippen molar-refractivity contribution in [3.63, 3.8) is 0 Å². The van der Waals surface area contributed by atoms with Crippen LogP contribution in [0.15, 0.2) is 60.7 Å². The predicted molar refractivity (Wildman–Crippen MR) is 92.0 cm³/mol. The van der Waals surface area contributed by atoms with Crippen LogP contribution in [0.4, 0.5) is 5.69 Å². The van der Waals surface area contributed by atoms with Gasteiger partial charge in [0.05, 0.1) is 0 Å². The smallest absolute Gasteiger partial charge is 0.238 e. The predicted octanol–water partition coefficient (Wildman–Crippen LogP) is 4.00. The minimum atomic E-state index is -0.878. The summed E-state index contributed by atoms with van der Waals surface area (Å²) in [5, 5.41) is 2.84. The molecule has 1 fully saturated rings. The molecule has 3 nitrogen and oxygen atoms in total. The van der Waals surface area contributed by atoms with Gasteiger partial charge in [-0.2, -0.15) is 0 Å². The molecule has 0 aromatic heterocycles. The maximum absolute atomic E-state index is 12.5. The van der Waals surface area contributed by atoms with Crippen molar-refractivity contribution >= 4 is 23.5 Å². The number of aryl methyl sites for hydroxylation is 1. The molecule has 0 atom stereocenters. The van der Waals surface area contributed by atoms with E-state index in [2.05, 4.69) is 5.32 Å². The van der Waals surface area contributed by atoms with Crippen LogP contribution in [0.5, 0.6) is 0 Å². The Morgan fingerprint density at radius 3 is 2.26 bits per heavy atom. The summed E-state index contributed by atoms with van der Waals surface area (Å²) in [6.07, 6.45) is 4.53. The van der Waals surface area contributed by atoms with Gasteiger partial charge >= 0.3 is 0 Å². The third-order valence-electron chi connectivity index (χ3n) is 4.19. The summed E-state index contributed by atoms with van der Waals surface area (Å²) in [4.78, 5) is 24.9. The van der Waals surface area contributed by atoms with Crippen LogP contribution >= 0.6 is 0 Å². The minimum Gasteiger partial charge on any atom is -0.325 e. The van der Waals surface area contributed by atoms with Crippen molar-refractivity contribution in [2.24, 2.45) is 5.41 Å². The highest BCUT2D eigenvalue weighted by molar-refractivity contribution is 6.18. The number of anilines is 1. The van der Waals surface area contributed by atoms with Gasteiger partial charge in [0.25, 0.3) is 0 Å². The van der Waals surface area contributed by atoms with Gasteiger partial charge in [0.1, 0.15) is 5.41 Å². The number of nitrogens with one attached hydrogen (secondary N) is 1. The molecule has 2 aromatic carbocycles. The van der Waals surface area contributed by atoms with Gasteiger partial charge in [-0.1, -0.05) is 54.1 Å². The van der Waals surface area contributed by atoms with Gasteiger partial charge in [0, 0.05) is 5.69 Å². The molecule has 0 bridgehead atoms. The second-order valence-electron chi connectivity index (χ2n) is 6.01. The Morgan fingerprint density at radius 1 is 1.00 bits per heavy atom. The number of hydrogen-bond donors (Lipinski definition) is 1. The molecular formula is C20H19NO2. The summed E-state index contributed by atoms with van der Waals surface area (Å²) >= 11 is 0. The van der Waals surface area contributed by atoms with Crippen molar-refractivity contribution in [1.82, 2.24) is 0 Å². The molecule has 0 radical (unpaired) electrons. The van der Waals surface area contributed by atoms with Crippen molar-refractivity contribution in [2.75, 3.05) is 5.32 Å². The largest absolute Gasteiger partial charge is 0.325 e. The molecule has 1 saturated carbocycles. The van der Waals surface area contributed by atoms with E-state index in [1.807, 2.05) is 61.5 Å². The number of para-hydroxylation sites is 1. The van der Waals surface area contributed by atoms with E-state index >= 15 is 0 Å². The first-order valence-electron chi connectivity index (χ1n) is 7.76. The third-order valence-corrected chi connectivity index (χ3v) is 4.19. The van der Waals surface area contributed by atoms with Crippen LogP contribution in [0, 0.1) is 12.3 Å². The van der Waals surface area contributed by atoms with Crippen LogP contribution in [0.25, 0.3) is 6.08 Å². The second kappa shape index (κ2) is 6.21. The minimum absolute atomic E-state index is 0.119. The SMILES string of the molecule is Cc1ccc(/C=C/C(=O)C2(C(=O)Nc3ccccc3)CC2)cc1. The fourth-order valence-electron chi connectivity index (χ4n) is 2.49. The fraction of sp³-hybridized carbons (Fsp3) is 0.200. The number of allylic oxidation sites excluding steroid dienone is 1. The molecule has 2 aromatic rings. The Labute approximate surface area is 136 Å². The summed E-state index contributed by atoms with van der Waals surface area (Å²) < 4.78 is 0. The van der Waals surface area contributed by atoms with E-state index in [9.17, 15) is 9.59 Å². The molecule has 0 saturated heterocycles. The van der Waals surface area contributed by atoms with Crippen LogP contribution in [0.3, 0.4) is 0 Å². The van der Waals surface area contributed by atoms with E-state index in [1.165, 1.54) is 11.6 Å². The Bertz CT molecular complexity index is 741. The normalized spacial score (nSPS) is 15.3. The summed E-state index contributed by atoms with van der Waals surface area (Å²) in [7, 11) is 0. The lowest BCUT2D eigenvalue weighted by Gasteiger charge is -2.12. The number of hydrogen-bond acceptors (Lipinski definition) is 2. The van der Waals surface area contributed by atoms with Crippen LogP contribution in [0.1, 0.15) is 24.0 Å². The van der Waals surface area contributed by atoms with E-state index < -0.39 is 5.41 Å². The topological polar surface area (TPSA) is 46.2 Å². The number of carbonyl (C=O) groups is 2. The molecule has 0 aliphatic heterocycles. The lowest BCUT2D eigenvalue weighted by atomic mass is 9.98. The molecule has 3 heteroatoms. The van der Waals surface area contributed by atoms with Crippen molar-refractivity contribution in [3.05, 3.63) is 71.8 Å². The molecule has 116 valence electrons. The summed E-state index contributed by atoms with van der Waals surface area (Å²) in [5.74, 6) is -0.325. The number of amides is 1. The summed E-state index contributed by atoms with van der Waals surface area (Å²) in [6, 6.07) is 17.2. The van der Waals surface area contributed by atoms with Crippen molar-refractivity contribution in [1.29, 1.82) is 0 Å². The number of rotatable bonds is 5. The first kappa shape index (κ1) is 15.2. The zero-order valence-corrected chi connectivity index (χ0v) is 13.1. The van der Waals surface area contributed by atoms with E-state index in [0.717, 1.165) is 11.3 Å². The fourth-order valence-corrected chi connectivity index (χ4v) is 2.49. The molecule has 1 aliphatic rings. The van der Waals surface area contributed by atoms with Gasteiger partial charge < -0.3 is 5.32 Å². The van der Waals surface area contributed by atoms with Gasteiger partial charge in [-0.3, -0.25) is 9.59 Å². The average molecular weight is 305 g/mol. The van der Waals surface area contributed by atoms with Crippen LogP contribution < -0.4 is 5.32 Å². The Hall–Kier alpha value is -2.68. The highest BCUT2D eigenvalue weighted by atomic mass is 16.2. The summed E-state index contributed by atoms with van der Waals surface area (Å²) in [5.41, 5.74) is 1.98. The molecular weight excluding hydrogens is 286 g/mol. The maximum Gasteiger partial charge on any atom is 0.238 e. The van der Waals surface area contributed by atoms with E-state index in [4.69, 9.17) is 0 Å². The van der Waals surface area contributed by atoms with Gasteiger partial charge in [-0.05, 0) is 43.5 Å². The van der Waals surface area contributed by atoms with E-state index in [-0.39, 0.29) is 11.7 Å². The maximum atomic E-state index is 12.5. The monoisotopic (exact) mass is 305 g/mol. The Balaban J connectivity index is 1.68. The van der Waals surface area contributed by atoms with Crippen molar-refractivity contribution in [2.45, 2.75) is 19.8 Å². The van der Waals surface area contributed by atoms with Crippen molar-refractivity contribution in [3.8, 4) is 0 Å². The Kier molecular flexibility index (Phi) is 4.11. The van der Waals surface area contributed by atoms with Gasteiger partial charge in [-0.25, -0.2) is 0 Å². The molecule has 1 aliphatic carbocycles. The number of ketones is 1. The van der Waals surface area contributed by atoms with Crippen LogP contribution in [0.2, 0.25) is 0 Å². The molecule has 0 spiro atoms. The first-order chi connectivity index (χ1) is 11.1. The zero-order valence-electron chi connectivity index (χ0n) is 13.1. The van der Waals surface area contributed by atoms with Crippen molar-refractivity contribution < 1.29 is 9.59 Å². The molecule has 0 heterocycles. The Morgan fingerprint density at radius 2 is 1.65 bits per heavy atom. The average Bonchev–Trinajstić information content (AvgIpc) is 3.37. The molecule has 23 heavy (non-hydrogen) atoms. The first-order valence-corrected chi connectivity index (χ1v) is 7.76. The lowest BCUT2D eigenvalue weighted by molar-refractivity contribution is -0.130. The van der Waals surface area contributed by atoms with Crippen LogP contribution in [-0.2, 0) is 9.59 Å². The van der Waals surface area contributed by atoms with Crippen LogP contribution in [-0.4, -0.2) is 11.7 Å². The lowest BCUT2D eigenvalue weighted by Crippen LogP contribution is -2.30. The quantitative estimate of drug-likeness (QED) is 0.670. The number of carbonyl (C=O) groups excluding carboxylic acids is 2. The molecule has 1 amide bonds. The summed E-state index contributed by atoms with van der Waals surface area (Å²) in [6.45, 7) is 2.02. The van der Waals surface area contributed by atoms with Gasteiger partial charge in [-0.15, -0.1) is 0 Å². The highest BCUT2D eigenvalue weighted by Crippen LogP contribution is 2.47. The zero-order chi connectivity index (χ0) is 16.3. The van der Waals surface area contributed by atoms with Gasteiger partial charge in [0.15, 0.2) is 5.78 Å². The highest BCUT2D eigenvalue weighted by Gasteiger charge is 2.55. The van der Waals surface area contributed by atoms with E-state index in [0.29, 0.717) is 12.8 Å². The molecule has 1 N–H and O–H groups in total. The molecule has 3 rings (SSSR count). The molecule has 0 unspecified atom stereocenters. The standard InChI is InChI=1S/C20H19NO2/c1-15-7-9-16(10-8-15)11-12-18(22)20(13-14-20)19(23)21-17-5-3-2-4-6-17/h2-12H,13-14H2,1H3,(H,21,23)/b12-11+. The van der Waals surface area contributed by atoms with E-state index in [1.54, 1.807) is 6.08 Å². The third kappa shape index (κ3) is 3.39. The number of benzene rings is 2. The van der Waals surface area contributed by atoms with Gasteiger partial charge in [0.2, 0.25) is 5.91 Å².